The Bertz CT molecular complexity index is 1030. The van der Waals surface area contributed by atoms with Gasteiger partial charge in [0.05, 0.1) is 34.1 Å². The molecule has 0 saturated carbocycles. The van der Waals surface area contributed by atoms with Crippen LogP contribution in [0.25, 0.3) is 11.0 Å². The first-order valence-corrected chi connectivity index (χ1v) is 10.6. The van der Waals surface area contributed by atoms with Crippen molar-refractivity contribution in [2.24, 2.45) is 5.41 Å². The number of ether oxygens (including phenoxy) is 1. The molecular formula is C22H23Cl3N2O2. The lowest BCUT2D eigenvalue weighted by atomic mass is 9.85. The van der Waals surface area contributed by atoms with Crippen LogP contribution in [0.4, 0.5) is 0 Å². The van der Waals surface area contributed by atoms with Gasteiger partial charge >= 0.3 is 5.97 Å². The lowest BCUT2D eigenvalue weighted by Crippen LogP contribution is -2.23. The molecule has 0 atom stereocenters. The highest BCUT2D eigenvalue weighted by molar-refractivity contribution is 6.42. The Labute approximate surface area is 185 Å². The minimum Gasteiger partial charge on any atom is -0.466 e. The molecular weight excluding hydrogens is 431 g/mol. The van der Waals surface area contributed by atoms with Gasteiger partial charge in [-0.25, -0.2) is 4.98 Å². The molecule has 29 heavy (non-hydrogen) atoms. The Morgan fingerprint density at radius 1 is 1.10 bits per heavy atom. The summed E-state index contributed by atoms with van der Waals surface area (Å²) in [5.74, 6) is 0.659. The Balaban J connectivity index is 2.00. The number of hydrogen-bond acceptors (Lipinski definition) is 3. The van der Waals surface area contributed by atoms with E-state index < -0.39 is 0 Å². The largest absolute Gasteiger partial charge is 0.466 e. The topological polar surface area (TPSA) is 44.1 Å². The zero-order valence-electron chi connectivity index (χ0n) is 16.6. The fraction of sp³-hybridized carbons (Fsp3) is 0.364. The smallest absolute Gasteiger partial charge is 0.306 e. The van der Waals surface area contributed by atoms with Crippen LogP contribution in [0, 0.1) is 5.41 Å². The number of rotatable bonds is 7. The molecule has 3 rings (SSSR count). The molecule has 154 valence electrons. The summed E-state index contributed by atoms with van der Waals surface area (Å²) in [6.07, 6.45) is 0.913. The summed E-state index contributed by atoms with van der Waals surface area (Å²) in [5.41, 5.74) is 2.44. The molecule has 0 aliphatic rings. The fourth-order valence-corrected chi connectivity index (χ4v) is 3.79. The SMILES string of the molecule is CCOC(=O)CC(C)(C)Cc1nc2cc(Cl)c(Cl)cc2n1Cc1ccc(Cl)cc1. The molecule has 7 heteroatoms. The first-order valence-electron chi connectivity index (χ1n) is 9.43. The second-order valence-electron chi connectivity index (χ2n) is 7.82. The highest BCUT2D eigenvalue weighted by Gasteiger charge is 2.27. The zero-order valence-corrected chi connectivity index (χ0v) is 18.9. The van der Waals surface area contributed by atoms with E-state index >= 15 is 0 Å². The van der Waals surface area contributed by atoms with Gasteiger partial charge in [0.25, 0.3) is 0 Å². The van der Waals surface area contributed by atoms with E-state index in [1.165, 1.54) is 0 Å². The van der Waals surface area contributed by atoms with Crippen molar-refractivity contribution >= 4 is 51.8 Å². The molecule has 0 N–H and O–H groups in total. The average Bonchev–Trinajstić information content (AvgIpc) is 2.92. The van der Waals surface area contributed by atoms with Gasteiger partial charge in [-0.3, -0.25) is 4.79 Å². The van der Waals surface area contributed by atoms with Gasteiger partial charge in [0.1, 0.15) is 5.82 Å². The van der Waals surface area contributed by atoms with E-state index in [2.05, 4.69) is 4.57 Å². The van der Waals surface area contributed by atoms with Crippen molar-refractivity contribution < 1.29 is 9.53 Å². The molecule has 0 amide bonds. The number of nitrogens with zero attached hydrogens (tertiary/aromatic N) is 2. The van der Waals surface area contributed by atoms with E-state index in [4.69, 9.17) is 44.5 Å². The lowest BCUT2D eigenvalue weighted by Gasteiger charge is -2.23. The predicted octanol–water partition coefficient (Wildman–Crippen LogP) is 6.57. The van der Waals surface area contributed by atoms with Gasteiger partial charge < -0.3 is 9.30 Å². The van der Waals surface area contributed by atoms with Crippen molar-refractivity contribution in [1.82, 2.24) is 9.55 Å². The Morgan fingerprint density at radius 3 is 2.41 bits per heavy atom. The van der Waals surface area contributed by atoms with Crippen LogP contribution in [0.2, 0.25) is 15.1 Å². The third-order valence-corrected chi connectivity index (χ3v) is 5.66. The zero-order chi connectivity index (χ0) is 21.2. The van der Waals surface area contributed by atoms with E-state index in [9.17, 15) is 4.79 Å². The van der Waals surface area contributed by atoms with Crippen LogP contribution in [0.5, 0.6) is 0 Å². The molecule has 0 bridgehead atoms. The minimum absolute atomic E-state index is 0.205. The third kappa shape index (κ3) is 5.44. The van der Waals surface area contributed by atoms with Gasteiger partial charge in [-0.1, -0.05) is 60.8 Å². The standard InChI is InChI=1S/C22H23Cl3N2O2/c1-4-29-21(28)12-22(2,3)11-20-26-18-9-16(24)17(25)10-19(18)27(20)13-14-5-7-15(23)8-6-14/h5-10H,4,11-13H2,1-3H3. The average molecular weight is 454 g/mol. The summed E-state index contributed by atoms with van der Waals surface area (Å²) in [4.78, 5) is 16.8. The maximum atomic E-state index is 12.0. The quantitative estimate of drug-likeness (QED) is 0.380. The number of hydrogen-bond donors (Lipinski definition) is 0. The van der Waals surface area contributed by atoms with Crippen LogP contribution in [0.3, 0.4) is 0 Å². The number of fused-ring (bicyclic) bond motifs is 1. The molecule has 1 heterocycles. The van der Waals surface area contributed by atoms with E-state index in [1.54, 1.807) is 6.07 Å². The summed E-state index contributed by atoms with van der Waals surface area (Å²) in [7, 11) is 0. The number of carbonyl (C=O) groups is 1. The molecule has 0 unspecified atom stereocenters. The van der Waals surface area contributed by atoms with Crippen molar-refractivity contribution in [3.8, 4) is 0 Å². The minimum atomic E-state index is -0.320. The highest BCUT2D eigenvalue weighted by Crippen LogP contribution is 2.32. The maximum absolute atomic E-state index is 12.0. The van der Waals surface area contributed by atoms with Crippen LogP contribution in [0.1, 0.15) is 38.6 Å². The predicted molar refractivity (Wildman–Crippen MR) is 119 cm³/mol. The number of carbonyl (C=O) groups excluding carboxylic acids is 1. The van der Waals surface area contributed by atoms with Crippen molar-refractivity contribution in [3.63, 3.8) is 0 Å². The second kappa shape index (κ2) is 8.95. The molecule has 0 spiro atoms. The molecule has 0 aliphatic heterocycles. The molecule has 0 saturated heterocycles. The van der Waals surface area contributed by atoms with Gasteiger partial charge in [0.2, 0.25) is 0 Å². The van der Waals surface area contributed by atoms with Gasteiger partial charge in [-0.15, -0.1) is 0 Å². The first kappa shape index (κ1) is 21.9. The summed E-state index contributed by atoms with van der Waals surface area (Å²) in [6.45, 7) is 6.87. The number of benzene rings is 2. The number of esters is 1. The third-order valence-electron chi connectivity index (χ3n) is 4.69. The van der Waals surface area contributed by atoms with Gasteiger partial charge in [-0.2, -0.15) is 0 Å². The number of halogens is 3. The monoisotopic (exact) mass is 452 g/mol. The molecule has 2 aromatic carbocycles. The summed E-state index contributed by atoms with van der Waals surface area (Å²) < 4.78 is 7.25. The van der Waals surface area contributed by atoms with E-state index in [-0.39, 0.29) is 11.4 Å². The normalized spacial score (nSPS) is 11.8. The van der Waals surface area contributed by atoms with Crippen LogP contribution in [0.15, 0.2) is 36.4 Å². The second-order valence-corrected chi connectivity index (χ2v) is 9.07. The van der Waals surface area contributed by atoms with Gasteiger partial charge in [-0.05, 0) is 42.2 Å². The van der Waals surface area contributed by atoms with Crippen LogP contribution < -0.4 is 0 Å². The van der Waals surface area contributed by atoms with Gasteiger partial charge in [0, 0.05) is 18.0 Å². The summed E-state index contributed by atoms with van der Waals surface area (Å²) in [6, 6.07) is 11.3. The van der Waals surface area contributed by atoms with Crippen molar-refractivity contribution in [2.75, 3.05) is 6.61 Å². The van der Waals surface area contributed by atoms with Crippen LogP contribution in [-0.2, 0) is 22.5 Å². The summed E-state index contributed by atoms with van der Waals surface area (Å²) in [5, 5.41) is 1.64. The molecule has 3 aromatic rings. The van der Waals surface area contributed by atoms with E-state index in [0.29, 0.717) is 41.1 Å². The number of imidazole rings is 1. The van der Waals surface area contributed by atoms with E-state index in [1.807, 2.05) is 51.1 Å². The molecule has 0 fully saturated rings. The molecule has 0 radical (unpaired) electrons. The molecule has 4 nitrogen and oxygen atoms in total. The van der Waals surface area contributed by atoms with Crippen molar-refractivity contribution in [3.05, 3.63) is 62.9 Å². The van der Waals surface area contributed by atoms with Crippen LogP contribution >= 0.6 is 34.8 Å². The molecule has 0 aliphatic carbocycles. The Kier molecular flexibility index (Phi) is 6.77. The Hall–Kier alpha value is -1.75. The van der Waals surface area contributed by atoms with Crippen molar-refractivity contribution in [2.45, 2.75) is 40.2 Å². The summed E-state index contributed by atoms with van der Waals surface area (Å²) >= 11 is 18.5. The lowest BCUT2D eigenvalue weighted by molar-refractivity contribution is -0.145. The number of aromatic nitrogens is 2. The Morgan fingerprint density at radius 2 is 1.76 bits per heavy atom. The fourth-order valence-electron chi connectivity index (χ4n) is 3.35. The molecule has 1 aromatic heterocycles. The van der Waals surface area contributed by atoms with Crippen LogP contribution in [-0.4, -0.2) is 22.1 Å². The first-order chi connectivity index (χ1) is 13.7. The van der Waals surface area contributed by atoms with E-state index in [0.717, 1.165) is 22.4 Å². The highest BCUT2D eigenvalue weighted by atomic mass is 35.5. The maximum Gasteiger partial charge on any atom is 0.306 e. The van der Waals surface area contributed by atoms with Gasteiger partial charge in [0.15, 0.2) is 0 Å². The van der Waals surface area contributed by atoms with Crippen molar-refractivity contribution in [1.29, 1.82) is 0 Å².